The van der Waals surface area contributed by atoms with Gasteiger partial charge in [-0.15, -0.1) is 0 Å². The molecule has 0 atom stereocenters. The zero-order chi connectivity index (χ0) is 12.5. The van der Waals surface area contributed by atoms with E-state index in [1.54, 1.807) is 10.6 Å². The number of aromatic nitrogens is 1. The van der Waals surface area contributed by atoms with E-state index < -0.39 is 0 Å². The van der Waals surface area contributed by atoms with Gasteiger partial charge in [0.15, 0.2) is 0 Å². The third kappa shape index (κ3) is 2.49. The average Bonchev–Trinajstić information content (AvgIpc) is 2.88. The largest absolute Gasteiger partial charge is 0.469 e. The van der Waals surface area contributed by atoms with E-state index in [1.165, 1.54) is 7.11 Å². The van der Waals surface area contributed by atoms with Crippen molar-refractivity contribution in [2.45, 2.75) is 24.8 Å². The minimum atomic E-state index is -0.381. The van der Waals surface area contributed by atoms with Gasteiger partial charge in [-0.05, 0) is 25.0 Å². The Morgan fingerprint density at radius 3 is 2.71 bits per heavy atom. The van der Waals surface area contributed by atoms with Crippen molar-refractivity contribution in [1.82, 2.24) is 9.88 Å². The normalized spacial score (nSPS) is 16.4. The molecule has 1 amide bonds. The summed E-state index contributed by atoms with van der Waals surface area (Å²) in [5.41, 5.74) is 0.218. The number of nitrogens with zero attached hydrogens (tertiary/aromatic N) is 1. The average molecular weight is 236 g/mol. The van der Waals surface area contributed by atoms with Crippen LogP contribution in [0.2, 0.25) is 0 Å². The number of nitrogens with one attached hydrogen (secondary N) is 1. The number of rotatable bonds is 4. The molecule has 0 saturated heterocycles. The maximum Gasteiger partial charge on any atom is 0.307 e. The molecule has 92 valence electrons. The van der Waals surface area contributed by atoms with Crippen LogP contribution >= 0.6 is 0 Å². The van der Waals surface area contributed by atoms with Gasteiger partial charge in [-0.25, -0.2) is 0 Å². The second-order valence-corrected chi connectivity index (χ2v) is 4.49. The molecule has 17 heavy (non-hydrogen) atoms. The Kier molecular flexibility index (Phi) is 2.92. The number of methoxy groups -OCH3 is 1. The van der Waals surface area contributed by atoms with Crippen molar-refractivity contribution in [2.75, 3.05) is 7.11 Å². The summed E-state index contributed by atoms with van der Waals surface area (Å²) in [4.78, 5) is 23.2. The SMILES string of the molecule is COC(=O)CC1(NC(=O)c2cccn2C)CC1. The Morgan fingerprint density at radius 2 is 2.24 bits per heavy atom. The molecule has 1 aliphatic carbocycles. The van der Waals surface area contributed by atoms with Crippen LogP contribution in [-0.4, -0.2) is 29.1 Å². The molecule has 5 heteroatoms. The monoisotopic (exact) mass is 236 g/mol. The summed E-state index contributed by atoms with van der Waals surface area (Å²) in [6, 6.07) is 3.57. The molecule has 0 aromatic carbocycles. The third-order valence-electron chi connectivity index (χ3n) is 3.12. The van der Waals surface area contributed by atoms with E-state index in [9.17, 15) is 9.59 Å². The summed E-state index contributed by atoms with van der Waals surface area (Å²) in [6.45, 7) is 0. The van der Waals surface area contributed by atoms with Crippen LogP contribution in [0, 0.1) is 0 Å². The fourth-order valence-corrected chi connectivity index (χ4v) is 1.85. The minimum absolute atomic E-state index is 0.140. The molecule has 5 nitrogen and oxygen atoms in total. The van der Waals surface area contributed by atoms with Gasteiger partial charge >= 0.3 is 5.97 Å². The molecule has 1 N–H and O–H groups in total. The Hall–Kier alpha value is -1.78. The number of carbonyl (C=O) groups is 2. The van der Waals surface area contributed by atoms with Gasteiger partial charge in [0, 0.05) is 13.2 Å². The van der Waals surface area contributed by atoms with Gasteiger partial charge in [-0.2, -0.15) is 0 Å². The molecule has 0 radical (unpaired) electrons. The number of carbonyl (C=O) groups excluding carboxylic acids is 2. The van der Waals surface area contributed by atoms with E-state index in [1.807, 2.05) is 19.3 Å². The molecule has 0 aliphatic heterocycles. The van der Waals surface area contributed by atoms with Crippen LogP contribution in [0.4, 0.5) is 0 Å². The van der Waals surface area contributed by atoms with Gasteiger partial charge in [0.05, 0.1) is 19.1 Å². The Balaban J connectivity index is 2.00. The topological polar surface area (TPSA) is 60.3 Å². The number of hydrogen-bond donors (Lipinski definition) is 1. The van der Waals surface area contributed by atoms with Gasteiger partial charge in [0.25, 0.3) is 5.91 Å². The molecule has 1 fully saturated rings. The van der Waals surface area contributed by atoms with Crippen LogP contribution in [0.5, 0.6) is 0 Å². The predicted octanol–water partition coefficient (Wildman–Crippen LogP) is 0.851. The van der Waals surface area contributed by atoms with Crippen LogP contribution in [0.25, 0.3) is 0 Å². The summed E-state index contributed by atoms with van der Waals surface area (Å²) in [7, 11) is 3.17. The van der Waals surface area contributed by atoms with E-state index in [4.69, 9.17) is 0 Å². The van der Waals surface area contributed by atoms with E-state index >= 15 is 0 Å². The van der Waals surface area contributed by atoms with E-state index in [2.05, 4.69) is 10.1 Å². The fourth-order valence-electron chi connectivity index (χ4n) is 1.85. The van der Waals surface area contributed by atoms with E-state index in [-0.39, 0.29) is 23.8 Å². The lowest BCUT2D eigenvalue weighted by molar-refractivity contribution is -0.141. The van der Waals surface area contributed by atoms with Crippen molar-refractivity contribution in [1.29, 1.82) is 0 Å². The highest BCUT2D eigenvalue weighted by atomic mass is 16.5. The maximum atomic E-state index is 12.0. The van der Waals surface area contributed by atoms with Crippen LogP contribution in [0.3, 0.4) is 0 Å². The van der Waals surface area contributed by atoms with Gasteiger partial charge in [0.1, 0.15) is 5.69 Å². The minimum Gasteiger partial charge on any atom is -0.469 e. The summed E-state index contributed by atoms with van der Waals surface area (Å²) in [6.07, 6.45) is 3.73. The Morgan fingerprint density at radius 1 is 1.53 bits per heavy atom. The first kappa shape index (κ1) is 11.7. The first-order valence-electron chi connectivity index (χ1n) is 5.57. The maximum absolute atomic E-state index is 12.0. The van der Waals surface area contributed by atoms with Crippen molar-refractivity contribution in [2.24, 2.45) is 7.05 Å². The smallest absolute Gasteiger partial charge is 0.307 e. The number of aryl methyl sites for hydroxylation is 1. The van der Waals surface area contributed by atoms with Crippen LogP contribution in [0.15, 0.2) is 18.3 Å². The molecule has 0 bridgehead atoms. The van der Waals surface area contributed by atoms with Crippen LogP contribution < -0.4 is 5.32 Å². The van der Waals surface area contributed by atoms with Gasteiger partial charge in [-0.3, -0.25) is 9.59 Å². The zero-order valence-electron chi connectivity index (χ0n) is 10.0. The molecule has 1 aromatic heterocycles. The molecule has 1 heterocycles. The van der Waals surface area contributed by atoms with Gasteiger partial charge in [0.2, 0.25) is 0 Å². The second kappa shape index (κ2) is 4.24. The van der Waals surface area contributed by atoms with E-state index in [0.29, 0.717) is 5.69 Å². The Bertz CT molecular complexity index is 446. The predicted molar refractivity (Wildman–Crippen MR) is 61.5 cm³/mol. The van der Waals surface area contributed by atoms with Gasteiger partial charge in [-0.1, -0.05) is 0 Å². The summed E-state index contributed by atoms with van der Waals surface area (Å²) >= 11 is 0. The number of hydrogen-bond acceptors (Lipinski definition) is 3. The molecule has 2 rings (SSSR count). The lowest BCUT2D eigenvalue weighted by atomic mass is 10.1. The molecule has 1 aliphatic rings. The van der Waals surface area contributed by atoms with Crippen molar-refractivity contribution < 1.29 is 14.3 Å². The third-order valence-corrected chi connectivity index (χ3v) is 3.12. The first-order chi connectivity index (χ1) is 8.06. The van der Waals surface area contributed by atoms with Gasteiger partial charge < -0.3 is 14.6 Å². The highest BCUT2D eigenvalue weighted by molar-refractivity contribution is 5.94. The Labute approximate surface area is 99.8 Å². The number of ether oxygens (including phenoxy) is 1. The van der Waals surface area contributed by atoms with Crippen molar-refractivity contribution in [3.63, 3.8) is 0 Å². The zero-order valence-corrected chi connectivity index (χ0v) is 10.0. The summed E-state index contributed by atoms with van der Waals surface area (Å²) < 4.78 is 6.38. The highest BCUT2D eigenvalue weighted by Crippen LogP contribution is 2.39. The molecule has 0 unspecified atom stereocenters. The molecule has 1 saturated carbocycles. The molecule has 1 aromatic rings. The molecular weight excluding hydrogens is 220 g/mol. The molecule has 0 spiro atoms. The summed E-state index contributed by atoms with van der Waals surface area (Å²) in [5.74, 6) is -0.423. The fraction of sp³-hybridized carbons (Fsp3) is 0.500. The standard InChI is InChI=1S/C12H16N2O3/c1-14-7-3-4-9(14)11(16)13-12(5-6-12)8-10(15)17-2/h3-4,7H,5-6,8H2,1-2H3,(H,13,16). The first-order valence-corrected chi connectivity index (χ1v) is 5.57. The molecular formula is C12H16N2O3. The second-order valence-electron chi connectivity index (χ2n) is 4.49. The van der Waals surface area contributed by atoms with Crippen molar-refractivity contribution in [3.8, 4) is 0 Å². The van der Waals surface area contributed by atoms with E-state index in [0.717, 1.165) is 12.8 Å². The van der Waals surface area contributed by atoms with Crippen molar-refractivity contribution >= 4 is 11.9 Å². The highest BCUT2D eigenvalue weighted by Gasteiger charge is 2.46. The number of esters is 1. The van der Waals surface area contributed by atoms with Crippen LogP contribution in [-0.2, 0) is 16.6 Å². The summed E-state index contributed by atoms with van der Waals surface area (Å²) in [5, 5.41) is 2.92. The van der Waals surface area contributed by atoms with Crippen molar-refractivity contribution in [3.05, 3.63) is 24.0 Å². The van der Waals surface area contributed by atoms with Crippen LogP contribution in [0.1, 0.15) is 29.8 Å². The lowest BCUT2D eigenvalue weighted by Crippen LogP contribution is -2.39. The lowest BCUT2D eigenvalue weighted by Gasteiger charge is -2.16. The quantitative estimate of drug-likeness (QED) is 0.788. The number of amides is 1.